The Kier molecular flexibility index (Phi) is 6.40. The number of thiophene rings is 1. The number of nitrogens with zero attached hydrogens (tertiary/aromatic N) is 1. The van der Waals surface area contributed by atoms with Crippen LogP contribution in [0.15, 0.2) is 176 Å². The molecule has 0 radical (unpaired) electrons. The van der Waals surface area contributed by atoms with Crippen molar-refractivity contribution >= 4 is 70.1 Å². The van der Waals surface area contributed by atoms with Gasteiger partial charge in [0.2, 0.25) is 0 Å². The molecule has 216 valence electrons. The van der Waals surface area contributed by atoms with Gasteiger partial charge in [0.05, 0.1) is 0 Å². The van der Waals surface area contributed by atoms with Crippen molar-refractivity contribution in [1.82, 2.24) is 0 Å². The van der Waals surface area contributed by atoms with Gasteiger partial charge < -0.3 is 4.90 Å². The summed E-state index contributed by atoms with van der Waals surface area (Å²) in [6.07, 6.45) is 0. The van der Waals surface area contributed by atoms with Crippen molar-refractivity contribution < 1.29 is 0 Å². The largest absolute Gasteiger partial charge is 0.310 e. The van der Waals surface area contributed by atoms with Gasteiger partial charge in [0, 0.05) is 37.2 Å². The fourth-order valence-corrected chi connectivity index (χ4v) is 7.84. The Morgan fingerprint density at radius 1 is 0.326 bits per heavy atom. The van der Waals surface area contributed by atoms with Gasteiger partial charge >= 0.3 is 0 Å². The summed E-state index contributed by atoms with van der Waals surface area (Å²) in [4.78, 5) is 2.38. The predicted octanol–water partition coefficient (Wildman–Crippen LogP) is 13.2. The Morgan fingerprint density at radius 2 is 0.891 bits per heavy atom. The molecule has 1 heterocycles. The Morgan fingerprint density at radius 3 is 1.67 bits per heavy atom. The van der Waals surface area contributed by atoms with Gasteiger partial charge in [-0.3, -0.25) is 0 Å². The van der Waals surface area contributed by atoms with Gasteiger partial charge in [0.1, 0.15) is 0 Å². The smallest absolute Gasteiger partial charge is 0.0468 e. The van der Waals surface area contributed by atoms with E-state index in [0.717, 1.165) is 17.1 Å². The van der Waals surface area contributed by atoms with Crippen LogP contribution in [-0.4, -0.2) is 0 Å². The first-order chi connectivity index (χ1) is 22.8. The highest BCUT2D eigenvalue weighted by molar-refractivity contribution is 7.26. The number of rotatable bonds is 5. The van der Waals surface area contributed by atoms with E-state index < -0.39 is 0 Å². The molecule has 0 fully saturated rings. The van der Waals surface area contributed by atoms with Crippen molar-refractivity contribution in [1.29, 1.82) is 0 Å². The van der Waals surface area contributed by atoms with Gasteiger partial charge in [-0.25, -0.2) is 0 Å². The summed E-state index contributed by atoms with van der Waals surface area (Å²) in [6.45, 7) is 0. The van der Waals surface area contributed by atoms with E-state index in [1.54, 1.807) is 0 Å². The first-order valence-electron chi connectivity index (χ1n) is 15.7. The van der Waals surface area contributed by atoms with Crippen LogP contribution in [0.5, 0.6) is 0 Å². The summed E-state index contributed by atoms with van der Waals surface area (Å²) in [7, 11) is 0. The SMILES string of the molecule is c1ccc(-c2ccc(N(c3ccc(-c4ccc5ccccc5c4)cc3)c3ccc4ccc5sc6ccccc6c5c4c3)cc2)cc1. The van der Waals surface area contributed by atoms with Crippen LogP contribution in [0.4, 0.5) is 17.1 Å². The van der Waals surface area contributed by atoms with E-state index in [-0.39, 0.29) is 0 Å². The Hall–Kier alpha value is -5.70. The predicted molar refractivity (Wildman–Crippen MR) is 200 cm³/mol. The molecule has 9 aromatic rings. The van der Waals surface area contributed by atoms with Crippen LogP contribution < -0.4 is 4.90 Å². The zero-order valence-corrected chi connectivity index (χ0v) is 25.9. The third-order valence-corrected chi connectivity index (χ3v) is 10.2. The molecule has 0 atom stereocenters. The monoisotopic (exact) mass is 603 g/mol. The maximum atomic E-state index is 2.38. The van der Waals surface area contributed by atoms with Crippen molar-refractivity contribution in [2.24, 2.45) is 0 Å². The standard InChI is InChI=1S/C44H29NS/c1-2-8-30(9-3-1)32-16-22-37(23-17-32)45(38-24-18-33(19-25-38)36-15-14-31-10-4-5-11-35(31)28-36)39-26-20-34-21-27-43-44(41(34)29-39)40-12-6-7-13-42(40)46-43/h1-29H. The number of anilines is 3. The molecule has 0 saturated heterocycles. The molecule has 0 aliphatic rings. The zero-order chi connectivity index (χ0) is 30.5. The lowest BCUT2D eigenvalue weighted by molar-refractivity contribution is 1.29. The van der Waals surface area contributed by atoms with Crippen LogP contribution in [0, 0.1) is 0 Å². The number of hydrogen-bond donors (Lipinski definition) is 0. The van der Waals surface area contributed by atoms with Crippen LogP contribution in [0.1, 0.15) is 0 Å². The minimum atomic E-state index is 1.12. The molecule has 9 rings (SSSR count). The summed E-state index contributed by atoms with van der Waals surface area (Å²) in [5.41, 5.74) is 8.25. The summed E-state index contributed by atoms with van der Waals surface area (Å²) >= 11 is 1.87. The molecule has 0 amide bonds. The van der Waals surface area contributed by atoms with Gasteiger partial charge in [-0.2, -0.15) is 0 Å². The van der Waals surface area contributed by atoms with E-state index in [1.165, 1.54) is 64.0 Å². The van der Waals surface area contributed by atoms with Crippen LogP contribution in [0.25, 0.3) is 64.0 Å². The maximum absolute atomic E-state index is 2.38. The van der Waals surface area contributed by atoms with E-state index in [1.807, 2.05) is 11.3 Å². The van der Waals surface area contributed by atoms with Gasteiger partial charge in [-0.1, -0.05) is 121 Å². The minimum absolute atomic E-state index is 1.12. The molecular formula is C44H29NS. The Bertz CT molecular complexity index is 2510. The van der Waals surface area contributed by atoms with Crippen LogP contribution in [0.3, 0.4) is 0 Å². The van der Waals surface area contributed by atoms with Crippen LogP contribution >= 0.6 is 11.3 Å². The summed E-state index contributed by atoms with van der Waals surface area (Å²) in [6, 6.07) is 64.0. The van der Waals surface area contributed by atoms with Gasteiger partial charge in [-0.05, 0) is 98.4 Å². The fraction of sp³-hybridized carbons (Fsp3) is 0. The van der Waals surface area contributed by atoms with E-state index in [9.17, 15) is 0 Å². The third kappa shape index (κ3) is 4.63. The van der Waals surface area contributed by atoms with Gasteiger partial charge in [-0.15, -0.1) is 11.3 Å². The molecule has 8 aromatic carbocycles. The molecular weight excluding hydrogens is 575 g/mol. The quantitative estimate of drug-likeness (QED) is 0.189. The molecule has 0 spiro atoms. The Balaban J connectivity index is 1.19. The van der Waals surface area contributed by atoms with E-state index in [2.05, 4.69) is 181 Å². The van der Waals surface area contributed by atoms with Crippen LogP contribution in [0.2, 0.25) is 0 Å². The number of hydrogen-bond acceptors (Lipinski definition) is 2. The average Bonchev–Trinajstić information content (AvgIpc) is 3.52. The Labute approximate surface area is 272 Å². The molecule has 0 unspecified atom stereocenters. The van der Waals surface area contributed by atoms with Crippen molar-refractivity contribution in [2.45, 2.75) is 0 Å². The lowest BCUT2D eigenvalue weighted by Crippen LogP contribution is -2.09. The lowest BCUT2D eigenvalue weighted by Gasteiger charge is -2.26. The van der Waals surface area contributed by atoms with Crippen molar-refractivity contribution in [3.63, 3.8) is 0 Å². The van der Waals surface area contributed by atoms with Crippen molar-refractivity contribution in [2.75, 3.05) is 4.90 Å². The molecule has 0 N–H and O–H groups in total. The first-order valence-corrected chi connectivity index (χ1v) is 16.5. The van der Waals surface area contributed by atoms with Crippen LogP contribution in [-0.2, 0) is 0 Å². The second kappa shape index (κ2) is 11.0. The van der Waals surface area contributed by atoms with E-state index >= 15 is 0 Å². The lowest BCUT2D eigenvalue weighted by atomic mass is 10.00. The van der Waals surface area contributed by atoms with Crippen molar-refractivity contribution in [3.8, 4) is 22.3 Å². The summed E-state index contributed by atoms with van der Waals surface area (Å²) < 4.78 is 2.65. The van der Waals surface area contributed by atoms with Gasteiger partial charge in [0.25, 0.3) is 0 Å². The molecule has 1 nitrogen and oxygen atoms in total. The van der Waals surface area contributed by atoms with Gasteiger partial charge in [0.15, 0.2) is 0 Å². The minimum Gasteiger partial charge on any atom is -0.310 e. The molecule has 0 saturated carbocycles. The number of benzene rings is 8. The molecule has 2 heteroatoms. The zero-order valence-electron chi connectivity index (χ0n) is 25.1. The second-order valence-electron chi connectivity index (χ2n) is 11.8. The van der Waals surface area contributed by atoms with Crippen molar-refractivity contribution in [3.05, 3.63) is 176 Å². The third-order valence-electron chi connectivity index (χ3n) is 9.04. The molecule has 1 aromatic heterocycles. The molecule has 0 aliphatic heterocycles. The van der Waals surface area contributed by atoms with E-state index in [0.29, 0.717) is 0 Å². The second-order valence-corrected chi connectivity index (χ2v) is 12.9. The maximum Gasteiger partial charge on any atom is 0.0468 e. The summed E-state index contributed by atoms with van der Waals surface area (Å²) in [5, 5.41) is 7.72. The molecule has 0 bridgehead atoms. The average molecular weight is 604 g/mol. The highest BCUT2D eigenvalue weighted by Gasteiger charge is 2.16. The topological polar surface area (TPSA) is 3.24 Å². The highest BCUT2D eigenvalue weighted by Crippen LogP contribution is 2.42. The molecule has 46 heavy (non-hydrogen) atoms. The summed E-state index contributed by atoms with van der Waals surface area (Å²) in [5.74, 6) is 0. The number of fused-ring (bicyclic) bond motifs is 6. The fourth-order valence-electron chi connectivity index (χ4n) is 6.72. The first kappa shape index (κ1) is 26.7. The normalized spacial score (nSPS) is 11.5. The van der Waals surface area contributed by atoms with E-state index in [4.69, 9.17) is 0 Å². The highest BCUT2D eigenvalue weighted by atomic mass is 32.1. The molecule has 0 aliphatic carbocycles.